The fourth-order valence-corrected chi connectivity index (χ4v) is 3.32. The summed E-state index contributed by atoms with van der Waals surface area (Å²) in [6, 6.07) is 6.61. The maximum absolute atomic E-state index is 9.32. The Hall–Kier alpha value is -0.820. The first-order valence-corrected chi connectivity index (χ1v) is 6.91. The van der Waals surface area contributed by atoms with Gasteiger partial charge in [-0.1, -0.05) is 31.0 Å². The van der Waals surface area contributed by atoms with Crippen molar-refractivity contribution in [2.45, 2.75) is 51.9 Å². The molecule has 1 fully saturated rings. The summed E-state index contributed by atoms with van der Waals surface area (Å²) in [5.74, 6) is 1.37. The molecule has 0 radical (unpaired) electrons. The zero-order chi connectivity index (χ0) is 12.3. The summed E-state index contributed by atoms with van der Waals surface area (Å²) in [5.41, 5.74) is 4.28. The van der Waals surface area contributed by atoms with E-state index >= 15 is 0 Å². The van der Waals surface area contributed by atoms with Crippen LogP contribution in [0.15, 0.2) is 18.2 Å². The summed E-state index contributed by atoms with van der Waals surface area (Å²) in [4.78, 5) is 0. The Bertz CT molecular complexity index is 364. The van der Waals surface area contributed by atoms with Gasteiger partial charge < -0.3 is 5.11 Å². The largest absolute Gasteiger partial charge is 0.396 e. The third-order valence-electron chi connectivity index (χ3n) is 4.45. The molecule has 1 aromatic rings. The molecule has 0 heterocycles. The number of aliphatic hydroxyl groups excluding tert-OH is 1. The molecule has 1 nitrogen and oxygen atoms in total. The number of hydrogen-bond donors (Lipinski definition) is 1. The third-order valence-corrected chi connectivity index (χ3v) is 4.45. The average molecular weight is 232 g/mol. The van der Waals surface area contributed by atoms with Gasteiger partial charge in [-0.2, -0.15) is 0 Å². The Morgan fingerprint density at radius 1 is 1.24 bits per heavy atom. The first-order chi connectivity index (χ1) is 8.24. The summed E-state index contributed by atoms with van der Waals surface area (Å²) in [7, 11) is 0. The second kappa shape index (κ2) is 5.68. The van der Waals surface area contributed by atoms with Crippen molar-refractivity contribution in [1.82, 2.24) is 0 Å². The van der Waals surface area contributed by atoms with E-state index in [4.69, 9.17) is 0 Å². The molecule has 17 heavy (non-hydrogen) atoms. The van der Waals surface area contributed by atoms with E-state index in [9.17, 15) is 5.11 Å². The highest BCUT2D eigenvalue weighted by Crippen LogP contribution is 2.40. The molecule has 0 aromatic heterocycles. The van der Waals surface area contributed by atoms with Gasteiger partial charge in [0.1, 0.15) is 0 Å². The molecular formula is C16H24O. The fourth-order valence-electron chi connectivity index (χ4n) is 3.32. The minimum atomic E-state index is 0.314. The topological polar surface area (TPSA) is 20.2 Å². The Kier molecular flexibility index (Phi) is 4.22. The van der Waals surface area contributed by atoms with E-state index in [0.29, 0.717) is 12.5 Å². The van der Waals surface area contributed by atoms with Crippen molar-refractivity contribution < 1.29 is 5.11 Å². The lowest BCUT2D eigenvalue weighted by Gasteiger charge is -2.25. The Balaban J connectivity index is 2.27. The predicted molar refractivity (Wildman–Crippen MR) is 72.3 cm³/mol. The third kappa shape index (κ3) is 2.71. The molecule has 1 N–H and O–H groups in total. The van der Waals surface area contributed by atoms with Crippen LogP contribution in [0.1, 0.15) is 54.7 Å². The SMILES string of the molecule is Cc1cccc(C(CCO)C2CCCC2)c1C. The van der Waals surface area contributed by atoms with E-state index in [1.807, 2.05) is 0 Å². The van der Waals surface area contributed by atoms with Crippen molar-refractivity contribution in [2.75, 3.05) is 6.61 Å². The summed E-state index contributed by atoms with van der Waals surface area (Å²) in [6.07, 6.45) is 6.36. The molecule has 1 aliphatic carbocycles. The van der Waals surface area contributed by atoms with Crippen LogP contribution in [0.3, 0.4) is 0 Å². The highest BCUT2D eigenvalue weighted by Gasteiger charge is 2.26. The van der Waals surface area contributed by atoms with Crippen LogP contribution < -0.4 is 0 Å². The summed E-state index contributed by atoms with van der Waals surface area (Å²) in [5, 5.41) is 9.32. The second-order valence-electron chi connectivity index (χ2n) is 5.45. The van der Waals surface area contributed by atoms with Crippen LogP contribution in [0.4, 0.5) is 0 Å². The Morgan fingerprint density at radius 2 is 1.94 bits per heavy atom. The number of rotatable bonds is 4. The molecule has 2 rings (SSSR count). The molecule has 1 atom stereocenters. The molecule has 0 bridgehead atoms. The number of benzene rings is 1. The lowest BCUT2D eigenvalue weighted by molar-refractivity contribution is 0.254. The van der Waals surface area contributed by atoms with Gasteiger partial charge in [-0.05, 0) is 61.6 Å². The van der Waals surface area contributed by atoms with Crippen LogP contribution in [-0.2, 0) is 0 Å². The zero-order valence-electron chi connectivity index (χ0n) is 11.1. The fraction of sp³-hybridized carbons (Fsp3) is 0.625. The molecule has 0 aliphatic heterocycles. The molecule has 94 valence electrons. The highest BCUT2D eigenvalue weighted by atomic mass is 16.3. The smallest absolute Gasteiger partial charge is 0.0436 e. The number of aliphatic hydroxyl groups is 1. The maximum atomic E-state index is 9.32. The van der Waals surface area contributed by atoms with Gasteiger partial charge in [-0.3, -0.25) is 0 Å². The molecule has 1 unspecified atom stereocenters. The van der Waals surface area contributed by atoms with Gasteiger partial charge in [-0.25, -0.2) is 0 Å². The van der Waals surface area contributed by atoms with Crippen molar-refractivity contribution in [1.29, 1.82) is 0 Å². The second-order valence-corrected chi connectivity index (χ2v) is 5.45. The van der Waals surface area contributed by atoms with Crippen LogP contribution in [0.2, 0.25) is 0 Å². The normalized spacial score (nSPS) is 18.5. The minimum Gasteiger partial charge on any atom is -0.396 e. The first kappa shape index (κ1) is 12.6. The van der Waals surface area contributed by atoms with Crippen LogP contribution in [0.5, 0.6) is 0 Å². The molecule has 0 amide bonds. The number of hydrogen-bond acceptors (Lipinski definition) is 1. The van der Waals surface area contributed by atoms with Gasteiger partial charge in [-0.15, -0.1) is 0 Å². The molecule has 1 aliphatic rings. The zero-order valence-corrected chi connectivity index (χ0v) is 11.1. The Morgan fingerprint density at radius 3 is 2.59 bits per heavy atom. The monoisotopic (exact) mass is 232 g/mol. The van der Waals surface area contributed by atoms with Gasteiger partial charge >= 0.3 is 0 Å². The molecule has 1 heteroatoms. The van der Waals surface area contributed by atoms with Crippen molar-refractivity contribution >= 4 is 0 Å². The summed E-state index contributed by atoms with van der Waals surface area (Å²) >= 11 is 0. The maximum Gasteiger partial charge on any atom is 0.0436 e. The van der Waals surface area contributed by atoms with Gasteiger partial charge in [0.25, 0.3) is 0 Å². The molecule has 1 aromatic carbocycles. The molecule has 0 spiro atoms. The summed E-state index contributed by atoms with van der Waals surface area (Å²) in [6.45, 7) is 4.72. The minimum absolute atomic E-state index is 0.314. The first-order valence-electron chi connectivity index (χ1n) is 6.91. The standard InChI is InChI=1S/C16H24O/c1-12-6-5-9-15(13(12)2)16(10-11-17)14-7-3-4-8-14/h5-6,9,14,16-17H,3-4,7-8,10-11H2,1-2H3. The lowest BCUT2D eigenvalue weighted by atomic mass is 9.80. The van der Waals surface area contributed by atoms with E-state index in [2.05, 4.69) is 32.0 Å². The van der Waals surface area contributed by atoms with E-state index in [-0.39, 0.29) is 0 Å². The van der Waals surface area contributed by atoms with Crippen molar-refractivity contribution in [3.8, 4) is 0 Å². The van der Waals surface area contributed by atoms with Crippen LogP contribution in [0, 0.1) is 19.8 Å². The lowest BCUT2D eigenvalue weighted by Crippen LogP contribution is -2.13. The molecule has 0 saturated heterocycles. The van der Waals surface area contributed by atoms with Crippen molar-refractivity contribution in [3.05, 3.63) is 34.9 Å². The van der Waals surface area contributed by atoms with Gasteiger partial charge in [0.05, 0.1) is 0 Å². The van der Waals surface area contributed by atoms with E-state index in [1.54, 1.807) is 0 Å². The molecule has 1 saturated carbocycles. The van der Waals surface area contributed by atoms with Crippen LogP contribution >= 0.6 is 0 Å². The highest BCUT2D eigenvalue weighted by molar-refractivity contribution is 5.36. The number of aryl methyl sites for hydroxylation is 1. The quantitative estimate of drug-likeness (QED) is 0.833. The van der Waals surface area contributed by atoms with E-state index < -0.39 is 0 Å². The summed E-state index contributed by atoms with van der Waals surface area (Å²) < 4.78 is 0. The van der Waals surface area contributed by atoms with Crippen molar-refractivity contribution in [2.24, 2.45) is 5.92 Å². The predicted octanol–water partition coefficient (Wildman–Crippen LogP) is 3.96. The van der Waals surface area contributed by atoms with Crippen LogP contribution in [-0.4, -0.2) is 11.7 Å². The van der Waals surface area contributed by atoms with Crippen molar-refractivity contribution in [3.63, 3.8) is 0 Å². The van der Waals surface area contributed by atoms with Gasteiger partial charge in [0, 0.05) is 6.61 Å². The van der Waals surface area contributed by atoms with E-state index in [0.717, 1.165) is 12.3 Å². The average Bonchev–Trinajstić information content (AvgIpc) is 2.84. The van der Waals surface area contributed by atoms with Crippen LogP contribution in [0.25, 0.3) is 0 Å². The Labute approximate surface area is 105 Å². The van der Waals surface area contributed by atoms with Gasteiger partial charge in [0.15, 0.2) is 0 Å². The molecular weight excluding hydrogens is 208 g/mol. The van der Waals surface area contributed by atoms with Gasteiger partial charge in [0.2, 0.25) is 0 Å². The van der Waals surface area contributed by atoms with E-state index in [1.165, 1.54) is 42.4 Å².